The molecule has 0 radical (unpaired) electrons. The monoisotopic (exact) mass is 310 g/mol. The van der Waals surface area contributed by atoms with Crippen LogP contribution in [-0.2, 0) is 11.2 Å². The van der Waals surface area contributed by atoms with Crippen molar-refractivity contribution in [3.05, 3.63) is 41.6 Å². The lowest BCUT2D eigenvalue weighted by atomic mass is 10.1. The fraction of sp³-hybridized carbons (Fsp3) is 0.444. The van der Waals surface area contributed by atoms with Crippen molar-refractivity contribution >= 4 is 17.5 Å². The van der Waals surface area contributed by atoms with Crippen molar-refractivity contribution in [1.82, 2.24) is 9.97 Å². The zero-order valence-electron chi connectivity index (χ0n) is 13.7. The standard InChI is InChI=1S/C18H22N4O/c1-13-11-17(20-18(19-13)21-7-9-23-10-8-21)22-14(2)12-15-5-3-4-6-16(15)22/h3-6,11,14H,7-10,12H2,1-2H3. The van der Waals surface area contributed by atoms with Gasteiger partial charge in [0, 0.05) is 36.6 Å². The highest BCUT2D eigenvalue weighted by Gasteiger charge is 2.28. The molecule has 1 aromatic heterocycles. The number of ether oxygens (including phenoxy) is 1. The molecule has 1 unspecified atom stereocenters. The summed E-state index contributed by atoms with van der Waals surface area (Å²) in [7, 11) is 0. The molecule has 3 heterocycles. The largest absolute Gasteiger partial charge is 0.378 e. The second-order valence-electron chi connectivity index (χ2n) is 6.32. The van der Waals surface area contributed by atoms with E-state index in [1.54, 1.807) is 0 Å². The van der Waals surface area contributed by atoms with Crippen molar-refractivity contribution in [2.75, 3.05) is 36.1 Å². The summed E-state index contributed by atoms with van der Waals surface area (Å²) in [5.41, 5.74) is 3.67. The Morgan fingerprint density at radius 2 is 1.91 bits per heavy atom. The highest BCUT2D eigenvalue weighted by atomic mass is 16.5. The van der Waals surface area contributed by atoms with Gasteiger partial charge in [-0.3, -0.25) is 0 Å². The SMILES string of the molecule is Cc1cc(N2c3ccccc3CC2C)nc(N2CCOCC2)n1. The van der Waals surface area contributed by atoms with Crippen LogP contribution in [0, 0.1) is 6.92 Å². The molecule has 120 valence electrons. The van der Waals surface area contributed by atoms with Crippen molar-refractivity contribution in [2.24, 2.45) is 0 Å². The molecule has 5 nitrogen and oxygen atoms in total. The third kappa shape index (κ3) is 2.65. The topological polar surface area (TPSA) is 41.5 Å². The molecule has 23 heavy (non-hydrogen) atoms. The van der Waals surface area contributed by atoms with E-state index in [4.69, 9.17) is 9.72 Å². The van der Waals surface area contributed by atoms with Crippen LogP contribution in [0.2, 0.25) is 0 Å². The minimum atomic E-state index is 0.416. The van der Waals surface area contributed by atoms with Crippen LogP contribution in [0.15, 0.2) is 30.3 Å². The lowest BCUT2D eigenvalue weighted by Crippen LogP contribution is -2.37. The molecule has 0 aliphatic carbocycles. The number of benzene rings is 1. The molecule has 0 spiro atoms. The van der Waals surface area contributed by atoms with Gasteiger partial charge in [-0.15, -0.1) is 0 Å². The molecular weight excluding hydrogens is 288 g/mol. The summed E-state index contributed by atoms with van der Waals surface area (Å²) in [6.07, 6.45) is 1.06. The molecule has 1 fully saturated rings. The highest BCUT2D eigenvalue weighted by molar-refractivity contribution is 5.69. The first kappa shape index (κ1) is 14.5. The van der Waals surface area contributed by atoms with Gasteiger partial charge in [-0.05, 0) is 31.9 Å². The van der Waals surface area contributed by atoms with Gasteiger partial charge < -0.3 is 14.5 Å². The number of fused-ring (bicyclic) bond motifs is 1. The van der Waals surface area contributed by atoms with Gasteiger partial charge in [0.1, 0.15) is 5.82 Å². The predicted molar refractivity (Wildman–Crippen MR) is 91.5 cm³/mol. The Kier molecular flexibility index (Phi) is 3.65. The van der Waals surface area contributed by atoms with Crippen LogP contribution in [0.25, 0.3) is 0 Å². The van der Waals surface area contributed by atoms with Crippen LogP contribution in [0.3, 0.4) is 0 Å². The average molecular weight is 310 g/mol. The van der Waals surface area contributed by atoms with E-state index < -0.39 is 0 Å². The molecule has 0 bridgehead atoms. The fourth-order valence-electron chi connectivity index (χ4n) is 3.48. The molecular formula is C18H22N4O. The lowest BCUT2D eigenvalue weighted by molar-refractivity contribution is 0.122. The van der Waals surface area contributed by atoms with Crippen molar-refractivity contribution in [3.63, 3.8) is 0 Å². The van der Waals surface area contributed by atoms with E-state index in [1.807, 2.05) is 6.92 Å². The molecule has 1 atom stereocenters. The second kappa shape index (κ2) is 5.81. The van der Waals surface area contributed by atoms with E-state index in [9.17, 15) is 0 Å². The smallest absolute Gasteiger partial charge is 0.227 e. The molecule has 2 aliphatic heterocycles. The summed E-state index contributed by atoms with van der Waals surface area (Å²) < 4.78 is 5.44. The summed E-state index contributed by atoms with van der Waals surface area (Å²) in [5, 5.41) is 0. The zero-order valence-corrected chi connectivity index (χ0v) is 13.7. The predicted octanol–water partition coefficient (Wildman–Crippen LogP) is 2.70. The third-order valence-electron chi connectivity index (χ3n) is 4.58. The molecule has 5 heteroatoms. The highest BCUT2D eigenvalue weighted by Crippen LogP contribution is 2.37. The number of rotatable bonds is 2. The molecule has 2 aromatic rings. The van der Waals surface area contributed by atoms with Gasteiger partial charge in [0.25, 0.3) is 0 Å². The van der Waals surface area contributed by atoms with Crippen molar-refractivity contribution in [2.45, 2.75) is 26.3 Å². The molecule has 1 aromatic carbocycles. The fourth-order valence-corrected chi connectivity index (χ4v) is 3.48. The number of aryl methyl sites for hydroxylation is 1. The van der Waals surface area contributed by atoms with E-state index in [2.05, 4.69) is 52.0 Å². The Morgan fingerprint density at radius 3 is 2.74 bits per heavy atom. The number of morpholine rings is 1. The summed E-state index contributed by atoms with van der Waals surface area (Å²) in [5.74, 6) is 1.82. The first-order chi connectivity index (χ1) is 11.2. The van der Waals surface area contributed by atoms with Gasteiger partial charge in [0.05, 0.1) is 13.2 Å². The van der Waals surface area contributed by atoms with Crippen LogP contribution in [0.1, 0.15) is 18.2 Å². The molecule has 2 aliphatic rings. The first-order valence-corrected chi connectivity index (χ1v) is 8.28. The minimum Gasteiger partial charge on any atom is -0.378 e. The van der Waals surface area contributed by atoms with Gasteiger partial charge in [-0.1, -0.05) is 18.2 Å². The van der Waals surface area contributed by atoms with E-state index >= 15 is 0 Å². The van der Waals surface area contributed by atoms with Crippen LogP contribution in [0.4, 0.5) is 17.5 Å². The van der Waals surface area contributed by atoms with Crippen LogP contribution in [0.5, 0.6) is 0 Å². The summed E-state index contributed by atoms with van der Waals surface area (Å²) >= 11 is 0. The van der Waals surface area contributed by atoms with E-state index in [-0.39, 0.29) is 0 Å². The zero-order chi connectivity index (χ0) is 15.8. The first-order valence-electron chi connectivity index (χ1n) is 8.28. The van der Waals surface area contributed by atoms with Crippen LogP contribution in [-0.4, -0.2) is 42.3 Å². The Labute approximate surface area is 136 Å². The van der Waals surface area contributed by atoms with Crippen LogP contribution >= 0.6 is 0 Å². The van der Waals surface area contributed by atoms with E-state index in [1.165, 1.54) is 11.3 Å². The Morgan fingerprint density at radius 1 is 1.13 bits per heavy atom. The Bertz CT molecular complexity index is 712. The average Bonchev–Trinajstić information content (AvgIpc) is 2.91. The normalized spacial score (nSPS) is 20.7. The van der Waals surface area contributed by atoms with Gasteiger partial charge >= 0.3 is 0 Å². The van der Waals surface area contributed by atoms with Gasteiger partial charge in [0.2, 0.25) is 5.95 Å². The maximum Gasteiger partial charge on any atom is 0.227 e. The number of para-hydroxylation sites is 1. The van der Waals surface area contributed by atoms with E-state index in [0.29, 0.717) is 6.04 Å². The summed E-state index contributed by atoms with van der Waals surface area (Å²) in [6.45, 7) is 7.50. The van der Waals surface area contributed by atoms with Gasteiger partial charge in [-0.2, -0.15) is 4.98 Å². The summed E-state index contributed by atoms with van der Waals surface area (Å²) in [4.78, 5) is 14.1. The molecule has 0 amide bonds. The molecule has 1 saturated heterocycles. The quantitative estimate of drug-likeness (QED) is 0.853. The molecule has 0 saturated carbocycles. The maximum atomic E-state index is 5.44. The maximum absolute atomic E-state index is 5.44. The van der Waals surface area contributed by atoms with Gasteiger partial charge in [0.15, 0.2) is 0 Å². The van der Waals surface area contributed by atoms with Gasteiger partial charge in [-0.25, -0.2) is 4.98 Å². The number of hydrogen-bond donors (Lipinski definition) is 0. The van der Waals surface area contributed by atoms with E-state index in [0.717, 1.165) is 50.2 Å². The molecule has 4 rings (SSSR count). The number of anilines is 3. The number of aromatic nitrogens is 2. The Balaban J connectivity index is 1.73. The number of hydrogen-bond acceptors (Lipinski definition) is 5. The van der Waals surface area contributed by atoms with Crippen molar-refractivity contribution < 1.29 is 4.74 Å². The lowest BCUT2D eigenvalue weighted by Gasteiger charge is -2.29. The minimum absolute atomic E-state index is 0.416. The van der Waals surface area contributed by atoms with Crippen molar-refractivity contribution in [1.29, 1.82) is 0 Å². The third-order valence-corrected chi connectivity index (χ3v) is 4.58. The van der Waals surface area contributed by atoms with Crippen LogP contribution < -0.4 is 9.80 Å². The Hall–Kier alpha value is -2.14. The van der Waals surface area contributed by atoms with Crippen molar-refractivity contribution in [3.8, 4) is 0 Å². The molecule has 0 N–H and O–H groups in total. The summed E-state index contributed by atoms with van der Waals surface area (Å²) in [6, 6.07) is 11.1. The second-order valence-corrected chi connectivity index (χ2v) is 6.32. The number of nitrogens with zero attached hydrogens (tertiary/aromatic N) is 4.